The van der Waals surface area contributed by atoms with Gasteiger partial charge in [-0.3, -0.25) is 14.4 Å². The molecule has 2 aromatic heterocycles. The van der Waals surface area contributed by atoms with E-state index in [1.165, 1.54) is 7.11 Å². The van der Waals surface area contributed by atoms with Crippen molar-refractivity contribution in [2.75, 3.05) is 7.11 Å². The number of carbonyl (C=O) groups is 1. The third-order valence-corrected chi connectivity index (χ3v) is 6.30. The second-order valence-electron chi connectivity index (χ2n) is 8.48. The molecule has 0 bridgehead atoms. The minimum Gasteiger partial charge on any atom is -0.504 e. The van der Waals surface area contributed by atoms with Crippen LogP contribution in [-0.2, 0) is 9.53 Å². The number of carbonyl (C=O) groups excluding carboxylic acids is 1. The number of aromatic amines is 1. The average molecular weight is 499 g/mol. The summed E-state index contributed by atoms with van der Waals surface area (Å²) in [4.78, 5) is 41.5. The zero-order chi connectivity index (χ0) is 26.3. The van der Waals surface area contributed by atoms with Crippen LogP contribution in [0, 0.1) is 0 Å². The Labute approximate surface area is 208 Å². The minimum atomic E-state index is -1.22. The molecule has 1 atom stereocenters. The topological polar surface area (TPSA) is 150 Å². The molecule has 0 aliphatic carbocycles. The van der Waals surface area contributed by atoms with Crippen molar-refractivity contribution < 1.29 is 29.3 Å². The molecule has 5 rings (SSSR count). The number of pyridine rings is 1. The van der Waals surface area contributed by atoms with Crippen LogP contribution >= 0.6 is 0 Å². The lowest BCUT2D eigenvalue weighted by atomic mass is 9.86. The highest BCUT2D eigenvalue weighted by atomic mass is 16.5. The van der Waals surface area contributed by atoms with Gasteiger partial charge in [0.1, 0.15) is 16.7 Å². The number of H-pyrrole nitrogens is 1. The first kappa shape index (κ1) is 23.7. The van der Waals surface area contributed by atoms with Crippen molar-refractivity contribution in [3.8, 4) is 28.6 Å². The van der Waals surface area contributed by atoms with Gasteiger partial charge in [0.15, 0.2) is 16.9 Å². The average Bonchev–Trinajstić information content (AvgIpc) is 2.91. The van der Waals surface area contributed by atoms with Crippen molar-refractivity contribution in [2.24, 2.45) is 0 Å². The number of hydrogen-bond donors (Lipinski definition) is 4. The number of ether oxygens (including phenoxy) is 1. The summed E-state index contributed by atoms with van der Waals surface area (Å²) >= 11 is 0. The molecular formula is C28H21NO8. The van der Waals surface area contributed by atoms with E-state index in [1.54, 1.807) is 60.7 Å². The van der Waals surface area contributed by atoms with E-state index in [2.05, 4.69) is 4.98 Å². The smallest absolute Gasteiger partial charge is 0.306 e. The number of phenols is 3. The van der Waals surface area contributed by atoms with Crippen molar-refractivity contribution in [1.82, 2.24) is 4.98 Å². The zero-order valence-corrected chi connectivity index (χ0v) is 19.5. The Morgan fingerprint density at radius 3 is 2.38 bits per heavy atom. The van der Waals surface area contributed by atoms with Crippen molar-refractivity contribution in [3.05, 3.63) is 98.4 Å². The summed E-state index contributed by atoms with van der Waals surface area (Å²) in [5.74, 6) is -4.51. The molecule has 0 aliphatic rings. The van der Waals surface area contributed by atoms with Crippen LogP contribution in [0.2, 0.25) is 0 Å². The van der Waals surface area contributed by atoms with Gasteiger partial charge in [-0.15, -0.1) is 0 Å². The fraction of sp³-hybridized carbons (Fsp3) is 0.107. The van der Waals surface area contributed by atoms with Gasteiger partial charge < -0.3 is 29.5 Å². The van der Waals surface area contributed by atoms with E-state index in [0.29, 0.717) is 16.5 Å². The standard InChI is InChI=1S/C28H21NO8/c1-36-21(31)12-16(17-11-15-9-5-6-10-18(15)29-28(17)35)22-24(32)26(34)25(33)23-19(30)13-20(37-27(22)23)14-7-3-2-4-8-14/h2-11,13,16,32-34H,12H2,1H3,(H,29,35). The number of hydrogen-bond acceptors (Lipinski definition) is 8. The maximum atomic E-state index is 13.2. The Balaban J connectivity index is 1.89. The molecule has 9 heteroatoms. The van der Waals surface area contributed by atoms with Crippen LogP contribution in [0.3, 0.4) is 0 Å². The summed E-state index contributed by atoms with van der Waals surface area (Å²) < 4.78 is 10.9. The van der Waals surface area contributed by atoms with Crippen LogP contribution < -0.4 is 11.0 Å². The molecule has 3 aromatic carbocycles. The molecule has 37 heavy (non-hydrogen) atoms. The molecule has 0 aliphatic heterocycles. The summed E-state index contributed by atoms with van der Waals surface area (Å²) in [5, 5.41) is 32.3. The molecule has 0 saturated heterocycles. The third-order valence-electron chi connectivity index (χ3n) is 6.30. The van der Waals surface area contributed by atoms with Gasteiger partial charge in [-0.25, -0.2) is 0 Å². The highest BCUT2D eigenvalue weighted by molar-refractivity contribution is 5.94. The molecule has 5 aromatic rings. The van der Waals surface area contributed by atoms with Gasteiger partial charge in [0.25, 0.3) is 5.56 Å². The van der Waals surface area contributed by atoms with Crippen molar-refractivity contribution in [2.45, 2.75) is 12.3 Å². The van der Waals surface area contributed by atoms with Gasteiger partial charge >= 0.3 is 5.97 Å². The lowest BCUT2D eigenvalue weighted by molar-refractivity contribution is -0.140. The summed E-state index contributed by atoms with van der Waals surface area (Å²) in [5.41, 5.74) is -0.612. The Kier molecular flexibility index (Phi) is 5.88. The number of aromatic nitrogens is 1. The quantitative estimate of drug-likeness (QED) is 0.208. The van der Waals surface area contributed by atoms with E-state index in [0.717, 1.165) is 6.07 Å². The van der Waals surface area contributed by atoms with Crippen molar-refractivity contribution >= 4 is 27.8 Å². The largest absolute Gasteiger partial charge is 0.504 e. The minimum absolute atomic E-state index is 0.0542. The normalized spacial score (nSPS) is 12.0. The zero-order valence-electron chi connectivity index (χ0n) is 19.5. The maximum Gasteiger partial charge on any atom is 0.306 e. The Morgan fingerprint density at radius 1 is 0.946 bits per heavy atom. The molecule has 2 heterocycles. The van der Waals surface area contributed by atoms with Crippen LogP contribution in [0.4, 0.5) is 0 Å². The molecule has 4 N–H and O–H groups in total. The Morgan fingerprint density at radius 2 is 1.65 bits per heavy atom. The monoisotopic (exact) mass is 499 g/mol. The van der Waals surface area contributed by atoms with Crippen LogP contribution in [0.1, 0.15) is 23.5 Å². The first-order valence-corrected chi connectivity index (χ1v) is 11.3. The maximum absolute atomic E-state index is 13.2. The lowest BCUT2D eigenvalue weighted by Gasteiger charge is -2.20. The summed E-state index contributed by atoms with van der Waals surface area (Å²) in [6.45, 7) is 0. The summed E-state index contributed by atoms with van der Waals surface area (Å²) in [6.07, 6.45) is -0.440. The predicted molar refractivity (Wildman–Crippen MR) is 136 cm³/mol. The van der Waals surface area contributed by atoms with E-state index >= 15 is 0 Å². The molecule has 0 fully saturated rings. The number of benzene rings is 3. The number of methoxy groups -OCH3 is 1. The Hall–Kier alpha value is -5.05. The number of nitrogens with one attached hydrogen (secondary N) is 1. The molecule has 0 spiro atoms. The van der Waals surface area contributed by atoms with Gasteiger partial charge in [0.05, 0.1) is 13.5 Å². The van der Waals surface area contributed by atoms with Crippen LogP contribution in [-0.4, -0.2) is 33.4 Å². The lowest BCUT2D eigenvalue weighted by Crippen LogP contribution is -2.20. The van der Waals surface area contributed by atoms with Crippen molar-refractivity contribution in [1.29, 1.82) is 0 Å². The number of fused-ring (bicyclic) bond motifs is 2. The first-order valence-electron chi connectivity index (χ1n) is 11.3. The van der Waals surface area contributed by atoms with Gasteiger partial charge in [-0.2, -0.15) is 0 Å². The Bertz CT molecular complexity index is 1790. The van der Waals surface area contributed by atoms with Crippen LogP contribution in [0.15, 0.2) is 80.7 Å². The second-order valence-corrected chi connectivity index (χ2v) is 8.48. The summed E-state index contributed by atoms with van der Waals surface area (Å²) in [7, 11) is 1.17. The summed E-state index contributed by atoms with van der Waals surface area (Å²) in [6, 6.07) is 18.3. The molecular weight excluding hydrogens is 478 g/mol. The number of rotatable bonds is 5. The highest BCUT2D eigenvalue weighted by Gasteiger charge is 2.32. The van der Waals surface area contributed by atoms with E-state index in [4.69, 9.17) is 9.15 Å². The number of esters is 1. The fourth-order valence-corrected chi connectivity index (χ4v) is 4.48. The molecule has 9 nitrogen and oxygen atoms in total. The third kappa shape index (κ3) is 4.06. The first-order chi connectivity index (χ1) is 17.8. The number of aromatic hydroxyl groups is 3. The van der Waals surface area contributed by atoms with E-state index < -0.39 is 51.9 Å². The highest BCUT2D eigenvalue weighted by Crippen LogP contribution is 2.49. The van der Waals surface area contributed by atoms with Crippen LogP contribution in [0.25, 0.3) is 33.2 Å². The van der Waals surface area contributed by atoms with E-state index in [9.17, 15) is 29.7 Å². The number of para-hydroxylation sites is 1. The fourth-order valence-electron chi connectivity index (χ4n) is 4.48. The van der Waals surface area contributed by atoms with Crippen LogP contribution in [0.5, 0.6) is 17.2 Å². The second kappa shape index (κ2) is 9.19. The van der Waals surface area contributed by atoms with Gasteiger partial charge in [0, 0.05) is 34.2 Å². The van der Waals surface area contributed by atoms with Gasteiger partial charge in [0.2, 0.25) is 5.75 Å². The number of phenolic OH excluding ortho intramolecular Hbond substituents is 3. The molecule has 0 saturated carbocycles. The molecule has 0 radical (unpaired) electrons. The van der Waals surface area contributed by atoms with Gasteiger partial charge in [-0.1, -0.05) is 48.5 Å². The van der Waals surface area contributed by atoms with E-state index in [1.807, 2.05) is 0 Å². The van der Waals surface area contributed by atoms with E-state index in [-0.39, 0.29) is 22.5 Å². The van der Waals surface area contributed by atoms with Crippen molar-refractivity contribution in [3.63, 3.8) is 0 Å². The SMILES string of the molecule is COC(=O)CC(c1cc2ccccc2[nH]c1=O)c1c(O)c(O)c(O)c2c(=O)cc(-c3ccccc3)oc12. The molecule has 186 valence electrons. The van der Waals surface area contributed by atoms with Gasteiger partial charge in [-0.05, 0) is 17.5 Å². The molecule has 1 unspecified atom stereocenters. The predicted octanol–water partition coefficient (Wildman–Crippen LogP) is 4.11. The molecule has 0 amide bonds.